The molecule has 0 aliphatic rings. The van der Waals surface area contributed by atoms with Gasteiger partial charge in [-0.3, -0.25) is 4.79 Å². The molecule has 1 N–H and O–H groups in total. The molecule has 6 heteroatoms. The lowest BCUT2D eigenvalue weighted by atomic mass is 10.1. The molecule has 31 heavy (non-hydrogen) atoms. The quantitative estimate of drug-likeness (QED) is 0.284. The highest BCUT2D eigenvalue weighted by molar-refractivity contribution is 9.10. The van der Waals surface area contributed by atoms with E-state index in [1.165, 1.54) is 0 Å². The summed E-state index contributed by atoms with van der Waals surface area (Å²) >= 11 is 5.08. The number of thiazole rings is 1. The lowest BCUT2D eigenvalue weighted by Gasteiger charge is -2.08. The Morgan fingerprint density at radius 1 is 0.968 bits per heavy atom. The van der Waals surface area contributed by atoms with Crippen LogP contribution in [0.15, 0.2) is 87.8 Å². The highest BCUT2D eigenvalue weighted by atomic mass is 79.9. The molecule has 5 aromatic rings. The summed E-state index contributed by atoms with van der Waals surface area (Å²) in [5.41, 5.74) is 4.66. The summed E-state index contributed by atoms with van der Waals surface area (Å²) < 4.78 is 7.92. The van der Waals surface area contributed by atoms with Crippen LogP contribution in [0.5, 0.6) is 0 Å². The standard InChI is InChI=1S/C25H17BrN2O2S/c1-15-14-17(25-28-20-4-2-3-5-23(20)31-25)8-11-19(15)27-24(29)22-13-12-21(30-22)16-6-9-18(26)10-7-16/h2-14H,1H3,(H,27,29). The Labute approximate surface area is 191 Å². The number of nitrogens with one attached hydrogen (secondary N) is 1. The Balaban J connectivity index is 1.35. The molecule has 4 nitrogen and oxygen atoms in total. The van der Waals surface area contributed by atoms with Crippen molar-refractivity contribution in [3.63, 3.8) is 0 Å². The van der Waals surface area contributed by atoms with Gasteiger partial charge < -0.3 is 9.73 Å². The average molecular weight is 489 g/mol. The van der Waals surface area contributed by atoms with Gasteiger partial charge in [0.25, 0.3) is 5.91 Å². The van der Waals surface area contributed by atoms with E-state index in [9.17, 15) is 4.79 Å². The zero-order chi connectivity index (χ0) is 21.4. The van der Waals surface area contributed by atoms with E-state index in [1.54, 1.807) is 23.5 Å². The molecular weight excluding hydrogens is 472 g/mol. The maximum atomic E-state index is 12.7. The molecule has 0 aliphatic heterocycles. The minimum Gasteiger partial charge on any atom is -0.451 e. The summed E-state index contributed by atoms with van der Waals surface area (Å²) in [4.78, 5) is 17.4. The van der Waals surface area contributed by atoms with Gasteiger partial charge in [-0.05, 0) is 67.1 Å². The molecule has 0 aliphatic carbocycles. The van der Waals surface area contributed by atoms with Crippen molar-refractivity contribution >= 4 is 49.1 Å². The number of carbonyl (C=O) groups excluding carboxylic acids is 1. The van der Waals surface area contributed by atoms with Crippen LogP contribution >= 0.6 is 27.3 Å². The van der Waals surface area contributed by atoms with E-state index >= 15 is 0 Å². The summed E-state index contributed by atoms with van der Waals surface area (Å²) in [6.45, 7) is 1.97. The third-order valence-corrected chi connectivity index (χ3v) is 6.59. The molecule has 0 bridgehead atoms. The largest absolute Gasteiger partial charge is 0.451 e. The number of anilines is 1. The van der Waals surface area contributed by atoms with Gasteiger partial charge in [-0.2, -0.15) is 0 Å². The number of benzene rings is 3. The fourth-order valence-corrected chi connectivity index (χ4v) is 4.57. The van der Waals surface area contributed by atoms with Crippen molar-refractivity contribution in [3.05, 3.63) is 94.7 Å². The van der Waals surface area contributed by atoms with Crippen molar-refractivity contribution in [1.82, 2.24) is 4.98 Å². The first-order valence-electron chi connectivity index (χ1n) is 9.70. The molecule has 0 radical (unpaired) electrons. The number of amides is 1. The first kappa shape index (κ1) is 19.7. The van der Waals surface area contributed by atoms with Crippen molar-refractivity contribution < 1.29 is 9.21 Å². The number of halogens is 1. The Morgan fingerprint density at radius 3 is 2.52 bits per heavy atom. The summed E-state index contributed by atoms with van der Waals surface area (Å²) in [6, 6.07) is 25.3. The minimum absolute atomic E-state index is 0.271. The number of carbonyl (C=O) groups is 1. The Kier molecular flexibility index (Phi) is 5.18. The first-order chi connectivity index (χ1) is 15.1. The number of hydrogen-bond donors (Lipinski definition) is 1. The molecule has 2 aromatic heterocycles. The SMILES string of the molecule is Cc1cc(-c2nc3ccccc3s2)ccc1NC(=O)c1ccc(-c2ccc(Br)cc2)o1. The smallest absolute Gasteiger partial charge is 0.291 e. The number of aromatic nitrogens is 1. The lowest BCUT2D eigenvalue weighted by Crippen LogP contribution is -2.11. The fraction of sp³-hybridized carbons (Fsp3) is 0.0400. The van der Waals surface area contributed by atoms with Gasteiger partial charge in [0, 0.05) is 21.3 Å². The topological polar surface area (TPSA) is 55.1 Å². The predicted molar refractivity (Wildman–Crippen MR) is 130 cm³/mol. The van der Waals surface area contributed by atoms with Crippen LogP contribution in [0.1, 0.15) is 16.1 Å². The van der Waals surface area contributed by atoms with Gasteiger partial charge in [0.2, 0.25) is 0 Å². The normalized spacial score (nSPS) is 11.0. The van der Waals surface area contributed by atoms with Gasteiger partial charge in [-0.15, -0.1) is 11.3 Å². The van der Waals surface area contributed by atoms with Gasteiger partial charge in [-0.25, -0.2) is 4.98 Å². The van der Waals surface area contributed by atoms with E-state index in [4.69, 9.17) is 9.40 Å². The number of hydrogen-bond acceptors (Lipinski definition) is 4. The zero-order valence-electron chi connectivity index (χ0n) is 16.6. The maximum Gasteiger partial charge on any atom is 0.291 e. The average Bonchev–Trinajstić information content (AvgIpc) is 3.43. The molecule has 0 saturated carbocycles. The van der Waals surface area contributed by atoms with Crippen LogP contribution in [0.25, 0.3) is 32.1 Å². The second-order valence-corrected chi connectivity index (χ2v) is 9.09. The van der Waals surface area contributed by atoms with Crippen LogP contribution in [0.4, 0.5) is 5.69 Å². The zero-order valence-corrected chi connectivity index (χ0v) is 19.0. The van der Waals surface area contributed by atoms with Crippen LogP contribution in [0.3, 0.4) is 0 Å². The Hall–Kier alpha value is -3.22. The third kappa shape index (κ3) is 4.04. The molecule has 1 amide bonds. The van der Waals surface area contributed by atoms with Crippen molar-refractivity contribution in [2.45, 2.75) is 6.92 Å². The van der Waals surface area contributed by atoms with E-state index < -0.39 is 0 Å². The Morgan fingerprint density at radius 2 is 1.74 bits per heavy atom. The number of aryl methyl sites for hydroxylation is 1. The first-order valence-corrected chi connectivity index (χ1v) is 11.3. The number of furan rings is 1. The maximum absolute atomic E-state index is 12.7. The molecule has 2 heterocycles. The van der Waals surface area contributed by atoms with Gasteiger partial charge in [0.15, 0.2) is 5.76 Å². The lowest BCUT2D eigenvalue weighted by molar-refractivity contribution is 0.0997. The number of para-hydroxylation sites is 1. The van der Waals surface area contributed by atoms with Crippen LogP contribution in [0.2, 0.25) is 0 Å². The number of fused-ring (bicyclic) bond motifs is 1. The van der Waals surface area contributed by atoms with Crippen LogP contribution in [0, 0.1) is 6.92 Å². The number of nitrogens with zero attached hydrogens (tertiary/aromatic N) is 1. The molecule has 0 atom stereocenters. The second-order valence-electron chi connectivity index (χ2n) is 7.14. The monoisotopic (exact) mass is 488 g/mol. The summed E-state index contributed by atoms with van der Waals surface area (Å²) in [7, 11) is 0. The summed E-state index contributed by atoms with van der Waals surface area (Å²) in [5, 5.41) is 3.91. The van der Waals surface area contributed by atoms with Gasteiger partial charge in [-0.1, -0.05) is 40.2 Å². The summed E-state index contributed by atoms with van der Waals surface area (Å²) in [5.74, 6) is 0.646. The van der Waals surface area contributed by atoms with Crippen molar-refractivity contribution in [3.8, 4) is 21.9 Å². The molecule has 0 spiro atoms. The molecule has 3 aromatic carbocycles. The highest BCUT2D eigenvalue weighted by Crippen LogP contribution is 2.32. The molecular formula is C25H17BrN2O2S. The van der Waals surface area contributed by atoms with Crippen molar-refractivity contribution in [2.75, 3.05) is 5.32 Å². The molecule has 5 rings (SSSR count). The van der Waals surface area contributed by atoms with Gasteiger partial charge >= 0.3 is 0 Å². The van der Waals surface area contributed by atoms with E-state index in [2.05, 4.69) is 27.3 Å². The molecule has 0 fully saturated rings. The molecule has 0 saturated heterocycles. The minimum atomic E-state index is -0.279. The van der Waals surface area contributed by atoms with Gasteiger partial charge in [0.05, 0.1) is 10.2 Å². The highest BCUT2D eigenvalue weighted by Gasteiger charge is 2.14. The van der Waals surface area contributed by atoms with Crippen LogP contribution < -0.4 is 5.32 Å². The number of rotatable bonds is 4. The Bertz CT molecular complexity index is 1370. The molecule has 0 unspecified atom stereocenters. The third-order valence-electron chi connectivity index (χ3n) is 4.97. The van der Waals surface area contributed by atoms with Crippen LogP contribution in [-0.2, 0) is 0 Å². The fourth-order valence-electron chi connectivity index (χ4n) is 3.35. The van der Waals surface area contributed by atoms with E-state index in [-0.39, 0.29) is 11.7 Å². The van der Waals surface area contributed by atoms with Crippen LogP contribution in [-0.4, -0.2) is 10.9 Å². The summed E-state index contributed by atoms with van der Waals surface area (Å²) in [6.07, 6.45) is 0. The van der Waals surface area contributed by atoms with Crippen molar-refractivity contribution in [1.29, 1.82) is 0 Å². The van der Waals surface area contributed by atoms with E-state index in [0.717, 1.165) is 42.1 Å². The molecule has 152 valence electrons. The van der Waals surface area contributed by atoms with Crippen molar-refractivity contribution in [2.24, 2.45) is 0 Å². The second kappa shape index (κ2) is 8.13. The van der Waals surface area contributed by atoms with Gasteiger partial charge in [0.1, 0.15) is 10.8 Å². The van der Waals surface area contributed by atoms with E-state index in [0.29, 0.717) is 5.76 Å². The van der Waals surface area contributed by atoms with E-state index in [1.807, 2.05) is 67.6 Å². The predicted octanol–water partition coefficient (Wildman–Crippen LogP) is 7.55.